The Kier molecular flexibility index (Phi) is 4.52. The lowest BCUT2D eigenvalue weighted by Crippen LogP contribution is -2.23. The molecule has 1 heterocycles. The first-order valence-electron chi connectivity index (χ1n) is 5.17. The van der Waals surface area contributed by atoms with Gasteiger partial charge in [0.15, 0.2) is 0 Å². The van der Waals surface area contributed by atoms with E-state index in [1.807, 2.05) is 12.1 Å². The molecule has 0 bridgehead atoms. The average molecular weight is 382 g/mol. The molecular formula is C11H10BrClN2O2S2. The van der Waals surface area contributed by atoms with E-state index in [9.17, 15) is 8.42 Å². The van der Waals surface area contributed by atoms with Gasteiger partial charge >= 0.3 is 0 Å². The van der Waals surface area contributed by atoms with Gasteiger partial charge in [-0.3, -0.25) is 0 Å². The number of benzene rings is 1. The quantitative estimate of drug-likeness (QED) is 0.799. The van der Waals surface area contributed by atoms with Crippen LogP contribution in [-0.2, 0) is 16.6 Å². The van der Waals surface area contributed by atoms with E-state index in [0.29, 0.717) is 5.69 Å². The number of nitrogens with one attached hydrogen (secondary N) is 1. The average Bonchev–Trinajstić information content (AvgIpc) is 2.76. The van der Waals surface area contributed by atoms with Crippen LogP contribution < -0.4 is 10.5 Å². The number of anilines is 1. The van der Waals surface area contributed by atoms with Crippen molar-refractivity contribution in [3.05, 3.63) is 44.0 Å². The molecule has 2 rings (SSSR count). The van der Waals surface area contributed by atoms with E-state index < -0.39 is 10.0 Å². The van der Waals surface area contributed by atoms with E-state index in [-0.39, 0.29) is 16.5 Å². The summed E-state index contributed by atoms with van der Waals surface area (Å²) in [6, 6.07) is 8.07. The van der Waals surface area contributed by atoms with Crippen LogP contribution in [0.1, 0.15) is 4.88 Å². The maximum atomic E-state index is 12.1. The molecular weight excluding hydrogens is 372 g/mol. The summed E-state index contributed by atoms with van der Waals surface area (Å²) in [6.45, 7) is 0.212. The Labute approximate surface area is 128 Å². The van der Waals surface area contributed by atoms with E-state index in [1.54, 1.807) is 6.07 Å². The highest BCUT2D eigenvalue weighted by atomic mass is 79.9. The summed E-state index contributed by atoms with van der Waals surface area (Å²) in [5, 5.41) is 0.147. The Morgan fingerprint density at radius 1 is 1.32 bits per heavy atom. The molecule has 0 radical (unpaired) electrons. The molecule has 1 aromatic heterocycles. The van der Waals surface area contributed by atoms with E-state index in [4.69, 9.17) is 17.3 Å². The molecule has 0 fully saturated rings. The van der Waals surface area contributed by atoms with Crippen molar-refractivity contribution in [3.8, 4) is 0 Å². The van der Waals surface area contributed by atoms with Crippen molar-refractivity contribution in [2.75, 3.05) is 5.73 Å². The molecule has 1 aromatic carbocycles. The highest BCUT2D eigenvalue weighted by molar-refractivity contribution is 9.11. The van der Waals surface area contributed by atoms with Gasteiger partial charge in [0.05, 0.1) is 8.81 Å². The van der Waals surface area contributed by atoms with Gasteiger partial charge in [-0.05, 0) is 46.3 Å². The fourth-order valence-corrected chi connectivity index (χ4v) is 4.47. The summed E-state index contributed by atoms with van der Waals surface area (Å²) < 4.78 is 27.7. The first-order valence-corrected chi connectivity index (χ1v) is 8.64. The maximum Gasteiger partial charge on any atom is 0.242 e. The molecule has 8 heteroatoms. The molecule has 0 aliphatic rings. The standard InChI is InChI=1S/C11H10BrClN2O2S2/c12-11-4-2-8(18-11)6-15-19(16,17)10-5-7(14)1-3-9(10)13/h1-5,15H,6,14H2. The second-order valence-corrected chi connectivity index (χ2v) is 8.41. The maximum absolute atomic E-state index is 12.1. The van der Waals surface area contributed by atoms with Crippen LogP contribution in [0.2, 0.25) is 5.02 Å². The molecule has 0 aliphatic carbocycles. The SMILES string of the molecule is Nc1ccc(Cl)c(S(=O)(=O)NCc2ccc(Br)s2)c1. The number of sulfonamides is 1. The van der Waals surface area contributed by atoms with Gasteiger partial charge in [-0.25, -0.2) is 13.1 Å². The Bertz CT molecular complexity index is 700. The molecule has 0 aliphatic heterocycles. The number of nitrogens with two attached hydrogens (primary N) is 1. The van der Waals surface area contributed by atoms with Crippen molar-refractivity contribution in [1.29, 1.82) is 0 Å². The zero-order valence-electron chi connectivity index (χ0n) is 9.56. The predicted molar refractivity (Wildman–Crippen MR) is 81.9 cm³/mol. The Morgan fingerprint density at radius 3 is 2.68 bits per heavy atom. The van der Waals surface area contributed by atoms with E-state index in [1.165, 1.54) is 23.5 Å². The van der Waals surface area contributed by atoms with E-state index in [2.05, 4.69) is 20.7 Å². The molecule has 0 saturated carbocycles. The van der Waals surface area contributed by atoms with Crippen LogP contribution in [0.5, 0.6) is 0 Å². The number of hydrogen-bond donors (Lipinski definition) is 2. The minimum Gasteiger partial charge on any atom is -0.399 e. The van der Waals surface area contributed by atoms with Crippen molar-refractivity contribution >= 4 is 54.6 Å². The fraction of sp³-hybridized carbons (Fsp3) is 0.0909. The summed E-state index contributed by atoms with van der Waals surface area (Å²) in [7, 11) is -3.67. The summed E-state index contributed by atoms with van der Waals surface area (Å²) in [5.74, 6) is 0. The minimum atomic E-state index is -3.67. The van der Waals surface area contributed by atoms with Crippen molar-refractivity contribution in [1.82, 2.24) is 4.72 Å². The van der Waals surface area contributed by atoms with Crippen LogP contribution in [0.3, 0.4) is 0 Å². The van der Waals surface area contributed by atoms with Gasteiger partial charge in [-0.2, -0.15) is 0 Å². The lowest BCUT2D eigenvalue weighted by Gasteiger charge is -2.08. The Balaban J connectivity index is 2.20. The molecule has 19 heavy (non-hydrogen) atoms. The Morgan fingerprint density at radius 2 is 2.05 bits per heavy atom. The van der Waals surface area contributed by atoms with Crippen LogP contribution in [0, 0.1) is 0 Å². The van der Waals surface area contributed by atoms with Gasteiger partial charge in [0.2, 0.25) is 10.0 Å². The smallest absolute Gasteiger partial charge is 0.242 e. The van der Waals surface area contributed by atoms with Crippen LogP contribution in [-0.4, -0.2) is 8.42 Å². The second-order valence-electron chi connectivity index (χ2n) is 3.72. The zero-order valence-corrected chi connectivity index (χ0v) is 13.5. The predicted octanol–water partition coefficient (Wildman–Crippen LogP) is 3.22. The van der Waals surface area contributed by atoms with Crippen molar-refractivity contribution in [2.45, 2.75) is 11.4 Å². The third kappa shape index (κ3) is 3.70. The molecule has 2 aromatic rings. The molecule has 0 saturated heterocycles. The van der Waals surface area contributed by atoms with Crippen LogP contribution >= 0.6 is 38.9 Å². The first-order chi connectivity index (χ1) is 8.88. The topological polar surface area (TPSA) is 72.2 Å². The van der Waals surface area contributed by atoms with Crippen LogP contribution in [0.15, 0.2) is 39.0 Å². The largest absolute Gasteiger partial charge is 0.399 e. The number of halogens is 2. The summed E-state index contributed by atoms with van der Waals surface area (Å²) in [4.78, 5) is 0.889. The van der Waals surface area contributed by atoms with Gasteiger partial charge in [-0.1, -0.05) is 11.6 Å². The van der Waals surface area contributed by atoms with E-state index >= 15 is 0 Å². The van der Waals surface area contributed by atoms with Crippen molar-refractivity contribution in [3.63, 3.8) is 0 Å². The number of hydrogen-bond acceptors (Lipinski definition) is 4. The summed E-state index contributed by atoms with van der Waals surface area (Å²) in [5.41, 5.74) is 5.93. The summed E-state index contributed by atoms with van der Waals surface area (Å²) in [6.07, 6.45) is 0. The molecule has 0 amide bonds. The summed E-state index contributed by atoms with van der Waals surface area (Å²) >= 11 is 10.7. The van der Waals surface area contributed by atoms with Crippen molar-refractivity contribution < 1.29 is 8.42 Å². The molecule has 0 spiro atoms. The third-order valence-electron chi connectivity index (χ3n) is 2.31. The van der Waals surface area contributed by atoms with Gasteiger partial charge in [0.1, 0.15) is 4.90 Å². The number of nitrogen functional groups attached to an aromatic ring is 1. The lowest BCUT2D eigenvalue weighted by atomic mass is 10.3. The second kappa shape index (κ2) is 5.80. The fourth-order valence-electron chi connectivity index (χ4n) is 1.42. The zero-order chi connectivity index (χ0) is 14.0. The minimum absolute atomic E-state index is 0.00946. The highest BCUT2D eigenvalue weighted by Crippen LogP contribution is 2.25. The van der Waals surface area contributed by atoms with Crippen LogP contribution in [0.25, 0.3) is 0 Å². The van der Waals surface area contributed by atoms with Gasteiger partial charge in [0.25, 0.3) is 0 Å². The Hall–Kier alpha value is -0.600. The third-order valence-corrected chi connectivity index (χ3v) is 5.82. The highest BCUT2D eigenvalue weighted by Gasteiger charge is 2.18. The number of rotatable bonds is 4. The molecule has 4 nitrogen and oxygen atoms in total. The van der Waals surface area contributed by atoms with Crippen LogP contribution in [0.4, 0.5) is 5.69 Å². The first kappa shape index (κ1) is 14.8. The molecule has 102 valence electrons. The lowest BCUT2D eigenvalue weighted by molar-refractivity contribution is 0.582. The molecule has 0 atom stereocenters. The number of thiophene rings is 1. The van der Waals surface area contributed by atoms with Gasteiger partial charge < -0.3 is 5.73 Å². The van der Waals surface area contributed by atoms with E-state index in [0.717, 1.165) is 8.66 Å². The normalized spacial score (nSPS) is 11.7. The monoisotopic (exact) mass is 380 g/mol. The molecule has 0 unspecified atom stereocenters. The molecule has 3 N–H and O–H groups in total. The van der Waals surface area contributed by atoms with Crippen molar-refractivity contribution in [2.24, 2.45) is 0 Å². The van der Waals surface area contributed by atoms with Gasteiger partial charge in [-0.15, -0.1) is 11.3 Å². The van der Waals surface area contributed by atoms with Gasteiger partial charge in [0, 0.05) is 17.1 Å².